The van der Waals surface area contributed by atoms with Crippen LogP contribution < -0.4 is 15.0 Å². The highest BCUT2D eigenvalue weighted by atomic mass is 19.1. The summed E-state index contributed by atoms with van der Waals surface area (Å²) in [6.07, 6.45) is -1.07. The van der Waals surface area contributed by atoms with E-state index in [9.17, 15) is 14.0 Å². The average Bonchev–Trinajstić information content (AvgIpc) is 3.00. The molecule has 1 N–H and O–H groups in total. The van der Waals surface area contributed by atoms with Crippen molar-refractivity contribution >= 4 is 17.7 Å². The number of amides is 2. The lowest BCUT2D eigenvalue weighted by atomic mass is 10.2. The Kier molecular flexibility index (Phi) is 5.13. The zero-order chi connectivity index (χ0) is 17.6. The topological polar surface area (TPSA) is 67.9 Å². The summed E-state index contributed by atoms with van der Waals surface area (Å²) in [7, 11) is 0. The number of hydrogen-bond donors (Lipinski definition) is 1. The molecule has 0 radical (unpaired) electrons. The molecule has 6 nitrogen and oxygen atoms in total. The Labute approximate surface area is 144 Å². The number of carbonyl (C=O) groups excluding carboxylic acids is 2. The Morgan fingerprint density at radius 1 is 1.24 bits per heavy atom. The van der Waals surface area contributed by atoms with Crippen LogP contribution in [0.4, 0.5) is 14.9 Å². The smallest absolute Gasteiger partial charge is 0.414 e. The summed E-state index contributed by atoms with van der Waals surface area (Å²) in [6, 6.07) is 14.7. The van der Waals surface area contributed by atoms with Crippen LogP contribution in [0.25, 0.3) is 0 Å². The van der Waals surface area contributed by atoms with Gasteiger partial charge in [0.2, 0.25) is 0 Å². The number of hydrogen-bond acceptors (Lipinski definition) is 4. The fourth-order valence-corrected chi connectivity index (χ4v) is 2.43. The molecule has 0 saturated carbocycles. The van der Waals surface area contributed by atoms with E-state index in [1.807, 2.05) is 18.2 Å². The van der Waals surface area contributed by atoms with Gasteiger partial charge in [-0.1, -0.05) is 24.3 Å². The molecule has 0 aromatic heterocycles. The van der Waals surface area contributed by atoms with Gasteiger partial charge >= 0.3 is 6.09 Å². The van der Waals surface area contributed by atoms with Crippen LogP contribution in [-0.4, -0.2) is 37.8 Å². The average molecular weight is 344 g/mol. The number of carbonyl (C=O) groups is 2. The number of cyclic esters (lactones) is 1. The van der Waals surface area contributed by atoms with Crippen molar-refractivity contribution in [2.45, 2.75) is 6.10 Å². The fourth-order valence-electron chi connectivity index (χ4n) is 2.43. The van der Waals surface area contributed by atoms with E-state index in [0.29, 0.717) is 11.4 Å². The lowest BCUT2D eigenvalue weighted by Crippen LogP contribution is -2.37. The quantitative estimate of drug-likeness (QED) is 0.873. The van der Waals surface area contributed by atoms with E-state index in [2.05, 4.69) is 5.32 Å². The molecule has 2 amide bonds. The van der Waals surface area contributed by atoms with Gasteiger partial charge in [-0.25, -0.2) is 9.18 Å². The second-order valence-corrected chi connectivity index (χ2v) is 5.50. The third kappa shape index (κ3) is 4.47. The lowest BCUT2D eigenvalue weighted by Gasteiger charge is -2.13. The largest absolute Gasteiger partial charge is 0.484 e. The second kappa shape index (κ2) is 7.65. The summed E-state index contributed by atoms with van der Waals surface area (Å²) in [5.41, 5.74) is 0.422. The minimum Gasteiger partial charge on any atom is -0.484 e. The first-order valence-corrected chi connectivity index (χ1v) is 7.80. The Morgan fingerprint density at radius 3 is 2.80 bits per heavy atom. The molecule has 0 aliphatic carbocycles. The predicted octanol–water partition coefficient (Wildman–Crippen LogP) is 2.35. The molecule has 0 spiro atoms. The first kappa shape index (κ1) is 16.8. The Hall–Kier alpha value is -3.09. The van der Waals surface area contributed by atoms with Crippen molar-refractivity contribution in [2.24, 2.45) is 0 Å². The molecule has 1 unspecified atom stereocenters. The maximum absolute atomic E-state index is 13.3. The van der Waals surface area contributed by atoms with Gasteiger partial charge in [0.05, 0.1) is 18.8 Å². The molecular formula is C18H17FN2O4. The van der Waals surface area contributed by atoms with Gasteiger partial charge in [0, 0.05) is 0 Å². The number of nitrogens with one attached hydrogen (secondary N) is 1. The van der Waals surface area contributed by atoms with Gasteiger partial charge in [-0.05, 0) is 30.3 Å². The molecule has 1 heterocycles. The summed E-state index contributed by atoms with van der Waals surface area (Å²) < 4.78 is 23.8. The van der Waals surface area contributed by atoms with Gasteiger partial charge in [-0.2, -0.15) is 0 Å². The van der Waals surface area contributed by atoms with Crippen molar-refractivity contribution in [3.8, 4) is 5.75 Å². The Morgan fingerprint density at radius 2 is 2.04 bits per heavy atom. The highest BCUT2D eigenvalue weighted by Gasteiger charge is 2.32. The van der Waals surface area contributed by atoms with Crippen LogP contribution in [0.5, 0.6) is 5.75 Å². The number of benzene rings is 2. The monoisotopic (exact) mass is 344 g/mol. The molecule has 1 aliphatic heterocycles. The molecule has 130 valence electrons. The van der Waals surface area contributed by atoms with Gasteiger partial charge in [-0.15, -0.1) is 0 Å². The van der Waals surface area contributed by atoms with Crippen molar-refractivity contribution in [1.29, 1.82) is 0 Å². The zero-order valence-corrected chi connectivity index (χ0v) is 13.4. The number of nitrogens with zero attached hydrogens (tertiary/aromatic N) is 1. The van der Waals surface area contributed by atoms with Crippen molar-refractivity contribution < 1.29 is 23.5 Å². The van der Waals surface area contributed by atoms with E-state index in [1.54, 1.807) is 18.2 Å². The first-order valence-electron chi connectivity index (χ1n) is 7.80. The molecule has 1 fully saturated rings. The van der Waals surface area contributed by atoms with E-state index < -0.39 is 18.0 Å². The normalized spacial score (nSPS) is 16.4. The molecular weight excluding hydrogens is 327 g/mol. The van der Waals surface area contributed by atoms with Crippen molar-refractivity contribution in [1.82, 2.24) is 5.32 Å². The number of rotatable bonds is 6. The molecule has 1 saturated heterocycles. The van der Waals surface area contributed by atoms with Crippen molar-refractivity contribution in [2.75, 3.05) is 24.6 Å². The summed E-state index contributed by atoms with van der Waals surface area (Å²) in [5, 5.41) is 2.66. The summed E-state index contributed by atoms with van der Waals surface area (Å²) in [5.74, 6) is -0.147. The van der Waals surface area contributed by atoms with E-state index >= 15 is 0 Å². The number of para-hydroxylation sites is 1. The zero-order valence-electron chi connectivity index (χ0n) is 13.4. The maximum Gasteiger partial charge on any atom is 0.414 e. The van der Waals surface area contributed by atoms with Crippen LogP contribution in [0.1, 0.15) is 0 Å². The summed E-state index contributed by atoms with van der Waals surface area (Å²) >= 11 is 0. The Balaban J connectivity index is 1.46. The van der Waals surface area contributed by atoms with E-state index in [-0.39, 0.29) is 25.6 Å². The lowest BCUT2D eigenvalue weighted by molar-refractivity contribution is -0.123. The first-order chi connectivity index (χ1) is 12.1. The van der Waals surface area contributed by atoms with E-state index in [0.717, 1.165) is 0 Å². The minimum absolute atomic E-state index is 0.127. The SMILES string of the molecule is O=C(COc1ccccc1)NCC1CN(c2cccc(F)c2)C(=O)O1. The van der Waals surface area contributed by atoms with Crippen LogP contribution in [0.3, 0.4) is 0 Å². The standard InChI is InChI=1S/C18H17FN2O4/c19-13-5-4-6-14(9-13)21-11-16(25-18(21)23)10-20-17(22)12-24-15-7-2-1-3-8-15/h1-9,16H,10-12H2,(H,20,22). The van der Waals surface area contributed by atoms with Crippen molar-refractivity contribution in [3.63, 3.8) is 0 Å². The minimum atomic E-state index is -0.564. The van der Waals surface area contributed by atoms with Gasteiger partial charge in [0.1, 0.15) is 17.7 Å². The number of anilines is 1. The van der Waals surface area contributed by atoms with Crippen LogP contribution in [0.15, 0.2) is 54.6 Å². The van der Waals surface area contributed by atoms with Crippen LogP contribution in [0, 0.1) is 5.82 Å². The van der Waals surface area contributed by atoms with Gasteiger partial charge in [0.25, 0.3) is 5.91 Å². The Bertz CT molecular complexity index is 754. The van der Waals surface area contributed by atoms with Gasteiger partial charge in [-0.3, -0.25) is 9.69 Å². The number of halogens is 1. The van der Waals surface area contributed by atoms with Gasteiger partial charge in [0.15, 0.2) is 6.61 Å². The van der Waals surface area contributed by atoms with Crippen LogP contribution in [0.2, 0.25) is 0 Å². The summed E-state index contributed by atoms with van der Waals surface area (Å²) in [4.78, 5) is 25.0. The van der Waals surface area contributed by atoms with Gasteiger partial charge < -0.3 is 14.8 Å². The fraction of sp³-hybridized carbons (Fsp3) is 0.222. The highest BCUT2D eigenvalue weighted by Crippen LogP contribution is 2.22. The highest BCUT2D eigenvalue weighted by molar-refractivity contribution is 5.89. The molecule has 0 bridgehead atoms. The molecule has 2 aromatic rings. The van der Waals surface area contributed by atoms with Crippen LogP contribution >= 0.6 is 0 Å². The molecule has 3 rings (SSSR count). The molecule has 1 atom stereocenters. The van der Waals surface area contributed by atoms with Crippen molar-refractivity contribution in [3.05, 3.63) is 60.4 Å². The predicted molar refractivity (Wildman–Crippen MR) is 89.0 cm³/mol. The van der Waals surface area contributed by atoms with E-state index in [4.69, 9.17) is 9.47 Å². The molecule has 1 aliphatic rings. The second-order valence-electron chi connectivity index (χ2n) is 5.50. The summed E-state index contributed by atoms with van der Waals surface area (Å²) in [6.45, 7) is 0.273. The third-order valence-electron chi connectivity index (χ3n) is 3.63. The third-order valence-corrected chi connectivity index (χ3v) is 3.63. The molecule has 2 aromatic carbocycles. The maximum atomic E-state index is 13.3. The van der Waals surface area contributed by atoms with E-state index in [1.165, 1.54) is 23.1 Å². The molecule has 7 heteroatoms. The van der Waals surface area contributed by atoms with Crippen LogP contribution in [-0.2, 0) is 9.53 Å². The number of ether oxygens (including phenoxy) is 2. The molecule has 25 heavy (non-hydrogen) atoms.